The van der Waals surface area contributed by atoms with Crippen LogP contribution in [0.15, 0.2) is 116 Å². The lowest BCUT2D eigenvalue weighted by atomic mass is 10.0. The number of aromatic amines is 3. The van der Waals surface area contributed by atoms with Crippen molar-refractivity contribution in [3.05, 3.63) is 139 Å². The van der Waals surface area contributed by atoms with Gasteiger partial charge in [0.1, 0.15) is 30.7 Å². The smallest absolute Gasteiger partial charge is 0.337 e. The molecular formula is C51H59N13O6. The number of imidazole rings is 1. The number of fused-ring (bicyclic) bond motifs is 2. The number of carbonyl (C=O) groups excluding carboxylic acids is 6. The molecule has 7 amide bonds. The van der Waals surface area contributed by atoms with Crippen LogP contribution in [0.2, 0.25) is 0 Å². The van der Waals surface area contributed by atoms with Crippen molar-refractivity contribution >= 4 is 57.4 Å². The van der Waals surface area contributed by atoms with Gasteiger partial charge in [-0.2, -0.15) is 0 Å². The van der Waals surface area contributed by atoms with Crippen molar-refractivity contribution in [3.8, 4) is 11.8 Å². The number of H-pyrrole nitrogens is 3. The minimum absolute atomic E-state index is 0.00306. The Labute approximate surface area is 404 Å². The first-order chi connectivity index (χ1) is 33.9. The maximum atomic E-state index is 14.7. The number of carbonyl (C=O) groups is 6. The van der Waals surface area contributed by atoms with Gasteiger partial charge in [-0.25, -0.2) is 14.8 Å². The van der Waals surface area contributed by atoms with Crippen LogP contribution in [0.5, 0.6) is 0 Å². The van der Waals surface area contributed by atoms with E-state index < -0.39 is 65.8 Å². The van der Waals surface area contributed by atoms with Gasteiger partial charge in [0.2, 0.25) is 23.6 Å². The fourth-order valence-electron chi connectivity index (χ4n) is 8.36. The summed E-state index contributed by atoms with van der Waals surface area (Å²) in [6.07, 6.45) is 9.75. The number of rotatable bonds is 15. The van der Waals surface area contributed by atoms with Crippen LogP contribution in [0.3, 0.4) is 0 Å². The summed E-state index contributed by atoms with van der Waals surface area (Å²) >= 11 is 0. The van der Waals surface area contributed by atoms with E-state index in [1.54, 1.807) is 36.8 Å². The molecule has 0 fully saturated rings. The minimum atomic E-state index is -1.34. The first kappa shape index (κ1) is 49.7. The van der Waals surface area contributed by atoms with E-state index in [9.17, 15) is 28.8 Å². The fourth-order valence-corrected chi connectivity index (χ4v) is 8.36. The predicted molar refractivity (Wildman–Crippen MR) is 265 cm³/mol. The number of hydrogen-bond acceptors (Lipinski definition) is 9. The maximum Gasteiger partial charge on any atom is 0.337 e. The number of hydrogen-bond donors (Lipinski definition) is 10. The van der Waals surface area contributed by atoms with Crippen LogP contribution >= 0.6 is 0 Å². The SMILES string of the molecule is C=CCN1CC#CCN(NC(=O)[C@@H](Cc2c[nH]c3ccccc23)NC(=O)[C@@H](N)Cc2cnc[nH]2)C(=O)N[C@@H](Cc2c[nH]c3ccccc23)C(=O)N[C@H](Cc2ccccc2)C(=O)N[C@H](C(N)=O)CCCC1. The van der Waals surface area contributed by atoms with E-state index in [2.05, 4.69) is 65.0 Å². The van der Waals surface area contributed by atoms with E-state index >= 15 is 0 Å². The molecule has 0 saturated carbocycles. The summed E-state index contributed by atoms with van der Waals surface area (Å²) < 4.78 is 0. The van der Waals surface area contributed by atoms with E-state index in [1.165, 1.54) is 6.33 Å². The second kappa shape index (κ2) is 24.2. The third-order valence-corrected chi connectivity index (χ3v) is 12.1. The number of urea groups is 1. The Morgan fingerprint density at radius 3 is 2.14 bits per heavy atom. The van der Waals surface area contributed by atoms with Crippen LogP contribution in [-0.4, -0.2) is 122 Å². The van der Waals surface area contributed by atoms with E-state index in [-0.39, 0.29) is 45.2 Å². The van der Waals surface area contributed by atoms with E-state index in [1.807, 2.05) is 71.6 Å². The Hall–Kier alpha value is -8.21. The molecule has 12 N–H and O–H groups in total. The fraction of sp³-hybridized carbons (Fsp3) is 0.314. The van der Waals surface area contributed by atoms with Crippen LogP contribution in [0, 0.1) is 11.8 Å². The molecule has 1 aliphatic rings. The zero-order valence-electron chi connectivity index (χ0n) is 38.7. The summed E-state index contributed by atoms with van der Waals surface area (Å²) in [6, 6.07) is 17.2. The highest BCUT2D eigenvalue weighted by molar-refractivity contribution is 5.96. The van der Waals surface area contributed by atoms with Crippen LogP contribution < -0.4 is 38.2 Å². The van der Waals surface area contributed by atoms with Crippen LogP contribution in [0.1, 0.15) is 41.6 Å². The third-order valence-electron chi connectivity index (χ3n) is 12.1. The Balaban J connectivity index is 1.23. The van der Waals surface area contributed by atoms with Gasteiger partial charge in [-0.3, -0.25) is 34.3 Å². The van der Waals surface area contributed by atoms with Gasteiger partial charge in [0.15, 0.2) is 0 Å². The number of nitrogens with two attached hydrogens (primary N) is 2. The molecule has 6 aromatic rings. The highest BCUT2D eigenvalue weighted by Gasteiger charge is 2.33. The Kier molecular flexibility index (Phi) is 17.2. The van der Waals surface area contributed by atoms with Crippen molar-refractivity contribution in [2.45, 2.75) is 75.2 Å². The number of nitrogens with zero attached hydrogens (tertiary/aromatic N) is 3. The van der Waals surface area contributed by atoms with Gasteiger partial charge in [-0.1, -0.05) is 84.6 Å². The van der Waals surface area contributed by atoms with Gasteiger partial charge in [0.25, 0.3) is 5.91 Å². The van der Waals surface area contributed by atoms with Crippen molar-refractivity contribution < 1.29 is 28.8 Å². The standard InChI is InChI=1S/C51H59N13O6/c1-2-21-63-22-11-10-20-42(46(53)65)58-48(67)43(25-33-14-4-3-5-15-33)60-49(68)44(26-34-29-55-40-18-8-6-16-37(34)40)61-51(70)64(24-13-12-23-63)62-50(69)45(27-35-30-56-41-19-9-7-17-38(35)41)59-47(66)39(52)28-36-31-54-32-57-36/h2-9,14-19,29-32,39,42-45,55-56H,1,10-11,20-28,52H2,(H2,53,65)(H,54,57)(H,58,67)(H,59,66)(H,60,68)(H,61,70)(H,62,69)/t39-,42-,43+,44-,45+/m0/s1. The number of hydrazine groups is 1. The Bertz CT molecular complexity index is 2830. The molecular weight excluding hydrogens is 891 g/mol. The predicted octanol–water partition coefficient (Wildman–Crippen LogP) is 2.00. The van der Waals surface area contributed by atoms with Crippen LogP contribution in [0.4, 0.5) is 4.79 Å². The average molecular weight is 950 g/mol. The summed E-state index contributed by atoms with van der Waals surface area (Å²) in [5, 5.41) is 13.8. The van der Waals surface area contributed by atoms with Crippen LogP contribution in [-0.2, 0) is 49.7 Å². The molecule has 7 rings (SSSR count). The molecule has 19 nitrogen and oxygen atoms in total. The number of primary amides is 1. The highest BCUT2D eigenvalue weighted by Crippen LogP contribution is 2.21. The molecule has 0 saturated heterocycles. The Morgan fingerprint density at radius 2 is 1.44 bits per heavy atom. The first-order valence-electron chi connectivity index (χ1n) is 23.2. The van der Waals surface area contributed by atoms with Crippen molar-refractivity contribution in [2.24, 2.45) is 11.5 Å². The summed E-state index contributed by atoms with van der Waals surface area (Å²) in [5.41, 5.74) is 19.2. The van der Waals surface area contributed by atoms with Crippen molar-refractivity contribution in [3.63, 3.8) is 0 Å². The molecule has 70 heavy (non-hydrogen) atoms. The van der Waals surface area contributed by atoms with E-state index in [0.717, 1.165) is 32.4 Å². The largest absolute Gasteiger partial charge is 0.368 e. The quantitative estimate of drug-likeness (QED) is 0.0532. The first-order valence-corrected chi connectivity index (χ1v) is 23.2. The number of para-hydroxylation sites is 2. The van der Waals surface area contributed by atoms with Crippen LogP contribution in [0.25, 0.3) is 21.8 Å². The monoisotopic (exact) mass is 949 g/mol. The molecule has 0 unspecified atom stereocenters. The van der Waals surface area contributed by atoms with Gasteiger partial charge >= 0.3 is 6.03 Å². The second-order valence-corrected chi connectivity index (χ2v) is 17.2. The molecule has 5 atom stereocenters. The van der Waals surface area contributed by atoms with E-state index in [4.69, 9.17) is 11.5 Å². The summed E-state index contributed by atoms with van der Waals surface area (Å²) in [4.78, 5) is 100. The van der Waals surface area contributed by atoms with Crippen molar-refractivity contribution in [1.82, 2.24) is 56.5 Å². The van der Waals surface area contributed by atoms with E-state index in [0.29, 0.717) is 42.8 Å². The Morgan fingerprint density at radius 1 is 0.786 bits per heavy atom. The molecule has 1 aliphatic heterocycles. The maximum absolute atomic E-state index is 14.7. The van der Waals surface area contributed by atoms with Gasteiger partial charge in [-0.15, -0.1) is 6.58 Å². The second-order valence-electron chi connectivity index (χ2n) is 17.2. The molecule has 3 aromatic heterocycles. The molecule has 4 heterocycles. The molecule has 0 radical (unpaired) electrons. The summed E-state index contributed by atoms with van der Waals surface area (Å²) in [7, 11) is 0. The van der Waals surface area contributed by atoms with Gasteiger partial charge in [-0.05, 0) is 54.6 Å². The lowest BCUT2D eigenvalue weighted by Crippen LogP contribution is -2.61. The molecule has 0 spiro atoms. The summed E-state index contributed by atoms with van der Waals surface area (Å²) in [5.74, 6) is 2.63. The van der Waals surface area contributed by atoms with Gasteiger partial charge in [0, 0.05) is 78.3 Å². The number of benzene rings is 3. The molecule has 19 heteroatoms. The minimum Gasteiger partial charge on any atom is -0.368 e. The van der Waals surface area contributed by atoms with Crippen molar-refractivity contribution in [2.75, 3.05) is 26.2 Å². The topological polar surface area (TPSA) is 281 Å². The normalized spacial score (nSPS) is 18.7. The number of aromatic nitrogens is 4. The zero-order valence-corrected chi connectivity index (χ0v) is 38.7. The average Bonchev–Trinajstić information content (AvgIpc) is 4.13. The van der Waals surface area contributed by atoms with Gasteiger partial charge < -0.3 is 47.7 Å². The molecule has 0 bridgehead atoms. The molecule has 3 aromatic carbocycles. The highest BCUT2D eigenvalue weighted by atomic mass is 16.2. The molecule has 0 aliphatic carbocycles. The third kappa shape index (κ3) is 13.5. The van der Waals surface area contributed by atoms with Crippen molar-refractivity contribution in [1.29, 1.82) is 0 Å². The lowest BCUT2D eigenvalue weighted by molar-refractivity contribution is -0.132. The number of amides is 7. The molecule has 364 valence electrons. The summed E-state index contributed by atoms with van der Waals surface area (Å²) in [6.45, 7) is 4.83. The zero-order chi connectivity index (χ0) is 49.4. The number of nitrogens with one attached hydrogen (secondary N) is 8. The van der Waals surface area contributed by atoms with Gasteiger partial charge in [0.05, 0.1) is 18.9 Å². The lowest BCUT2D eigenvalue weighted by Gasteiger charge is -2.28.